The average Bonchev–Trinajstić information content (AvgIpc) is 3.21. The molecule has 0 saturated carbocycles. The molecule has 0 saturated heterocycles. The Bertz CT molecular complexity index is 1280. The number of aryl methyl sites for hydroxylation is 1. The molecule has 0 fully saturated rings. The fourth-order valence-corrected chi connectivity index (χ4v) is 3.89. The SMILES string of the molecule is Cc1c(N2CCc3ncc(-c4cccnc4)cc3C2)nn2c(C(F)(F)F)nnc2c1C. The summed E-state index contributed by atoms with van der Waals surface area (Å²) in [5.74, 6) is -0.627. The Morgan fingerprint density at radius 1 is 1.03 bits per heavy atom. The molecular weight excluding hydrogens is 407 g/mol. The van der Waals surface area contributed by atoms with Crippen molar-refractivity contribution in [3.05, 3.63) is 65.0 Å². The summed E-state index contributed by atoms with van der Waals surface area (Å²) in [4.78, 5) is 10.7. The molecule has 7 nitrogen and oxygen atoms in total. The van der Waals surface area contributed by atoms with Crippen LogP contribution in [0, 0.1) is 13.8 Å². The molecule has 0 aliphatic carbocycles. The zero-order chi connectivity index (χ0) is 21.8. The molecule has 0 spiro atoms. The highest BCUT2D eigenvalue weighted by Gasteiger charge is 2.38. The summed E-state index contributed by atoms with van der Waals surface area (Å²) in [6.07, 6.45) is 1.36. The van der Waals surface area contributed by atoms with E-state index in [9.17, 15) is 13.2 Å². The van der Waals surface area contributed by atoms with Gasteiger partial charge in [0.25, 0.3) is 5.82 Å². The lowest BCUT2D eigenvalue weighted by atomic mass is 10.0. The normalized spacial score (nSPS) is 14.2. The third-order valence-corrected chi connectivity index (χ3v) is 5.66. The summed E-state index contributed by atoms with van der Waals surface area (Å²) < 4.78 is 40.9. The molecule has 4 aromatic rings. The minimum atomic E-state index is -4.64. The lowest BCUT2D eigenvalue weighted by molar-refractivity contribution is -0.146. The number of hydrogen-bond donors (Lipinski definition) is 0. The highest BCUT2D eigenvalue weighted by molar-refractivity contribution is 5.64. The van der Waals surface area contributed by atoms with E-state index < -0.39 is 12.0 Å². The third kappa shape index (κ3) is 3.28. The Hall–Kier alpha value is -3.56. The molecule has 0 amide bonds. The molecule has 0 atom stereocenters. The molecule has 0 unspecified atom stereocenters. The number of anilines is 1. The van der Waals surface area contributed by atoms with Crippen molar-refractivity contribution >= 4 is 11.5 Å². The topological polar surface area (TPSA) is 72.1 Å². The Morgan fingerprint density at radius 2 is 1.87 bits per heavy atom. The first kappa shape index (κ1) is 19.4. The maximum Gasteiger partial charge on any atom is 0.453 e. The zero-order valence-corrected chi connectivity index (χ0v) is 16.8. The smallest absolute Gasteiger partial charge is 0.350 e. The first-order chi connectivity index (χ1) is 14.8. The van der Waals surface area contributed by atoms with Crippen LogP contribution in [0.3, 0.4) is 0 Å². The summed E-state index contributed by atoms with van der Waals surface area (Å²) in [7, 11) is 0. The second-order valence-electron chi connectivity index (χ2n) is 7.57. The molecule has 4 aromatic heterocycles. The lowest BCUT2D eigenvalue weighted by Crippen LogP contribution is -2.33. The number of halogens is 3. The van der Waals surface area contributed by atoms with Crippen LogP contribution in [0.15, 0.2) is 36.8 Å². The van der Waals surface area contributed by atoms with Crippen LogP contribution < -0.4 is 4.90 Å². The predicted octanol–water partition coefficient (Wildman–Crippen LogP) is 3.78. The fourth-order valence-electron chi connectivity index (χ4n) is 3.89. The van der Waals surface area contributed by atoms with Crippen molar-refractivity contribution in [2.24, 2.45) is 0 Å². The van der Waals surface area contributed by atoms with E-state index in [2.05, 4.69) is 31.3 Å². The quantitative estimate of drug-likeness (QED) is 0.487. The molecular formula is C21H18F3N7. The van der Waals surface area contributed by atoms with E-state index in [0.29, 0.717) is 30.9 Å². The van der Waals surface area contributed by atoms with Gasteiger partial charge in [0.2, 0.25) is 0 Å². The molecule has 0 bridgehead atoms. The van der Waals surface area contributed by atoms with Gasteiger partial charge in [-0.15, -0.1) is 15.3 Å². The number of pyridine rings is 2. The standard InChI is InChI=1S/C21H18F3N7/c1-12-13(2)19(29-31-18(12)27-28-20(31)21(22,23)24)30-7-5-17-16(11-30)8-15(10-26-17)14-4-3-6-25-9-14/h3-4,6,8-10H,5,7,11H2,1-2H3. The second kappa shape index (κ2) is 7.00. The van der Waals surface area contributed by atoms with E-state index in [0.717, 1.165) is 32.5 Å². The van der Waals surface area contributed by atoms with Crippen molar-refractivity contribution in [2.45, 2.75) is 33.0 Å². The molecule has 1 aliphatic rings. The van der Waals surface area contributed by atoms with Crippen molar-refractivity contribution in [2.75, 3.05) is 11.4 Å². The van der Waals surface area contributed by atoms with Gasteiger partial charge in [-0.2, -0.15) is 17.7 Å². The van der Waals surface area contributed by atoms with Crippen molar-refractivity contribution in [3.63, 3.8) is 0 Å². The minimum absolute atomic E-state index is 0.117. The van der Waals surface area contributed by atoms with Crippen LogP contribution in [0.5, 0.6) is 0 Å². The van der Waals surface area contributed by atoms with Crippen LogP contribution in [0.1, 0.15) is 28.2 Å². The Labute approximate surface area is 175 Å². The molecule has 0 aromatic carbocycles. The van der Waals surface area contributed by atoms with E-state index in [1.807, 2.05) is 30.2 Å². The minimum Gasteiger partial charge on any atom is -0.350 e. The summed E-state index contributed by atoms with van der Waals surface area (Å²) in [5.41, 5.74) is 5.44. The molecule has 1 aliphatic heterocycles. The molecule has 31 heavy (non-hydrogen) atoms. The first-order valence-corrected chi connectivity index (χ1v) is 9.76. The molecule has 5 heterocycles. The van der Waals surface area contributed by atoms with Crippen molar-refractivity contribution < 1.29 is 13.2 Å². The second-order valence-corrected chi connectivity index (χ2v) is 7.57. The van der Waals surface area contributed by atoms with Crippen LogP contribution >= 0.6 is 0 Å². The monoisotopic (exact) mass is 425 g/mol. The van der Waals surface area contributed by atoms with Gasteiger partial charge < -0.3 is 4.90 Å². The molecule has 158 valence electrons. The van der Waals surface area contributed by atoms with Gasteiger partial charge >= 0.3 is 6.18 Å². The van der Waals surface area contributed by atoms with Crippen molar-refractivity contribution in [1.82, 2.24) is 29.8 Å². The molecule has 5 rings (SSSR count). The van der Waals surface area contributed by atoms with Gasteiger partial charge in [0, 0.05) is 66.0 Å². The summed E-state index contributed by atoms with van der Waals surface area (Å²) >= 11 is 0. The van der Waals surface area contributed by atoms with Gasteiger partial charge in [-0.05, 0) is 31.5 Å². The molecule has 0 radical (unpaired) electrons. The Balaban J connectivity index is 1.56. The maximum atomic E-state index is 13.4. The Morgan fingerprint density at radius 3 is 2.61 bits per heavy atom. The fraction of sp³-hybridized carbons (Fsp3) is 0.286. The van der Waals surface area contributed by atoms with Crippen LogP contribution in [0.25, 0.3) is 16.8 Å². The highest BCUT2D eigenvalue weighted by Crippen LogP contribution is 2.32. The number of aromatic nitrogens is 6. The van der Waals surface area contributed by atoms with Gasteiger partial charge in [0.1, 0.15) is 0 Å². The number of alkyl halides is 3. The van der Waals surface area contributed by atoms with E-state index >= 15 is 0 Å². The average molecular weight is 425 g/mol. The molecule has 10 heteroatoms. The number of rotatable bonds is 2. The van der Waals surface area contributed by atoms with Gasteiger partial charge in [0.05, 0.1) is 0 Å². The van der Waals surface area contributed by atoms with E-state index in [1.165, 1.54) is 0 Å². The predicted molar refractivity (Wildman–Crippen MR) is 107 cm³/mol. The van der Waals surface area contributed by atoms with Crippen molar-refractivity contribution in [3.8, 4) is 11.1 Å². The number of hydrogen-bond acceptors (Lipinski definition) is 6. The van der Waals surface area contributed by atoms with Gasteiger partial charge in [-0.25, -0.2) is 0 Å². The number of fused-ring (bicyclic) bond motifs is 2. The van der Waals surface area contributed by atoms with Crippen molar-refractivity contribution in [1.29, 1.82) is 0 Å². The largest absolute Gasteiger partial charge is 0.453 e. The maximum absolute atomic E-state index is 13.4. The summed E-state index contributed by atoms with van der Waals surface area (Å²) in [5, 5.41) is 11.3. The van der Waals surface area contributed by atoms with Crippen LogP contribution in [-0.2, 0) is 19.1 Å². The van der Waals surface area contributed by atoms with Gasteiger partial charge in [-0.3, -0.25) is 9.97 Å². The zero-order valence-electron chi connectivity index (χ0n) is 16.8. The summed E-state index contributed by atoms with van der Waals surface area (Å²) in [6, 6.07) is 5.89. The van der Waals surface area contributed by atoms with Crippen LogP contribution in [0.4, 0.5) is 19.0 Å². The summed E-state index contributed by atoms with van der Waals surface area (Å²) in [6.45, 7) is 4.69. The molecule has 0 N–H and O–H groups in total. The van der Waals surface area contributed by atoms with Crippen LogP contribution in [0.2, 0.25) is 0 Å². The van der Waals surface area contributed by atoms with Crippen LogP contribution in [-0.4, -0.2) is 36.3 Å². The third-order valence-electron chi connectivity index (χ3n) is 5.66. The highest BCUT2D eigenvalue weighted by atomic mass is 19.4. The van der Waals surface area contributed by atoms with E-state index in [1.54, 1.807) is 19.3 Å². The van der Waals surface area contributed by atoms with Gasteiger partial charge in [0.15, 0.2) is 11.5 Å². The first-order valence-electron chi connectivity index (χ1n) is 9.76. The number of nitrogens with zero attached hydrogens (tertiary/aromatic N) is 7. The lowest BCUT2D eigenvalue weighted by Gasteiger charge is -2.31. The van der Waals surface area contributed by atoms with Gasteiger partial charge in [-0.1, -0.05) is 6.07 Å². The Kier molecular flexibility index (Phi) is 4.38. The van der Waals surface area contributed by atoms with E-state index in [4.69, 9.17) is 0 Å². The van der Waals surface area contributed by atoms with E-state index in [-0.39, 0.29) is 5.65 Å².